The summed E-state index contributed by atoms with van der Waals surface area (Å²) < 4.78 is 0. The van der Waals surface area contributed by atoms with E-state index in [4.69, 9.17) is 0 Å². The summed E-state index contributed by atoms with van der Waals surface area (Å²) in [7, 11) is 2.14. The summed E-state index contributed by atoms with van der Waals surface area (Å²) in [5.41, 5.74) is 0. The van der Waals surface area contributed by atoms with E-state index in [1.165, 1.54) is 32.5 Å². The molecule has 4 rings (SSSR count). The van der Waals surface area contributed by atoms with Crippen LogP contribution in [-0.4, -0.2) is 37.6 Å². The summed E-state index contributed by atoms with van der Waals surface area (Å²) >= 11 is 0. The third kappa shape index (κ3) is 0.882. The maximum atomic E-state index is 3.52. The van der Waals surface area contributed by atoms with Gasteiger partial charge in [-0.05, 0) is 37.6 Å². The molecule has 3 saturated heterocycles. The molecule has 2 nitrogen and oxygen atoms in total. The second-order valence-electron chi connectivity index (χ2n) is 4.89. The molecule has 0 spiro atoms. The smallest absolute Gasteiger partial charge is 0.0145 e. The topological polar surface area (TPSA) is 15.3 Å². The first-order chi connectivity index (χ1) is 5.86. The zero-order valence-corrected chi connectivity index (χ0v) is 7.79. The molecule has 2 atom stereocenters. The van der Waals surface area contributed by atoms with Gasteiger partial charge in [-0.25, -0.2) is 0 Å². The molecule has 3 heterocycles. The molecule has 0 amide bonds. The van der Waals surface area contributed by atoms with E-state index in [9.17, 15) is 0 Å². The van der Waals surface area contributed by atoms with Crippen LogP contribution in [0.4, 0.5) is 0 Å². The maximum Gasteiger partial charge on any atom is 0.0145 e. The second kappa shape index (κ2) is 2.46. The highest BCUT2D eigenvalue weighted by Crippen LogP contribution is 2.43. The van der Waals surface area contributed by atoms with Crippen LogP contribution in [0.3, 0.4) is 0 Å². The van der Waals surface area contributed by atoms with E-state index in [0.717, 1.165) is 23.8 Å². The minimum absolute atomic E-state index is 0.845. The van der Waals surface area contributed by atoms with E-state index in [1.54, 1.807) is 0 Å². The van der Waals surface area contributed by atoms with E-state index in [1.807, 2.05) is 0 Å². The van der Waals surface area contributed by atoms with E-state index < -0.39 is 0 Å². The lowest BCUT2D eigenvalue weighted by atomic mass is 9.65. The summed E-state index contributed by atoms with van der Waals surface area (Å²) in [5, 5.41) is 3.52. The molecule has 2 heteroatoms. The third-order valence-electron chi connectivity index (χ3n) is 4.12. The first kappa shape index (κ1) is 7.34. The number of hydrogen-bond acceptors (Lipinski definition) is 2. The van der Waals surface area contributed by atoms with Crippen LogP contribution >= 0.6 is 0 Å². The first-order valence-electron chi connectivity index (χ1n) is 5.26. The van der Waals surface area contributed by atoms with Crippen LogP contribution in [0, 0.1) is 17.8 Å². The fourth-order valence-electron chi connectivity index (χ4n) is 3.88. The van der Waals surface area contributed by atoms with Gasteiger partial charge in [-0.15, -0.1) is 0 Å². The highest BCUT2D eigenvalue weighted by atomic mass is 15.2. The van der Waals surface area contributed by atoms with Crippen molar-refractivity contribution in [1.82, 2.24) is 10.2 Å². The predicted octanol–water partition coefficient (Wildman–Crippen LogP) is 0.546. The Morgan fingerprint density at radius 2 is 1.75 bits per heavy atom. The van der Waals surface area contributed by atoms with Gasteiger partial charge < -0.3 is 10.2 Å². The third-order valence-corrected chi connectivity index (χ3v) is 4.12. The summed E-state index contributed by atoms with van der Waals surface area (Å²) in [6, 6.07) is 0.845. The number of rotatable bonds is 1. The van der Waals surface area contributed by atoms with Crippen molar-refractivity contribution in [2.75, 3.05) is 26.7 Å². The van der Waals surface area contributed by atoms with Crippen molar-refractivity contribution in [1.29, 1.82) is 0 Å². The fraction of sp³-hybridized carbons (Fsp3) is 1.00. The standard InChI is InChI=1S/C10H18N2/c1-11-10-8-2-7-3-9(10)6-12(4-7)5-8/h7-11H,2-6H2,1H3/t7?,8-,9-,10?/m0/s1. The van der Waals surface area contributed by atoms with Gasteiger partial charge in [-0.1, -0.05) is 0 Å². The molecule has 1 aliphatic carbocycles. The van der Waals surface area contributed by atoms with Gasteiger partial charge in [0.05, 0.1) is 0 Å². The highest BCUT2D eigenvalue weighted by molar-refractivity contribution is 5.01. The zero-order chi connectivity index (χ0) is 8.13. The minimum Gasteiger partial charge on any atom is -0.316 e. The monoisotopic (exact) mass is 166 g/mol. The molecule has 3 aliphatic heterocycles. The molecule has 68 valence electrons. The average molecular weight is 166 g/mol. The number of nitrogens with zero attached hydrogens (tertiary/aromatic N) is 1. The Kier molecular flexibility index (Phi) is 1.50. The average Bonchev–Trinajstić information content (AvgIpc) is 2.02. The maximum absolute atomic E-state index is 3.52. The van der Waals surface area contributed by atoms with Crippen molar-refractivity contribution in [3.63, 3.8) is 0 Å². The Morgan fingerprint density at radius 3 is 2.25 bits per heavy atom. The summed E-state index contributed by atoms with van der Waals surface area (Å²) in [5.74, 6) is 2.99. The molecule has 1 N–H and O–H groups in total. The molecule has 0 aromatic carbocycles. The molecule has 1 saturated carbocycles. The number of hydrogen-bond donors (Lipinski definition) is 1. The van der Waals surface area contributed by atoms with Gasteiger partial charge in [-0.2, -0.15) is 0 Å². The Balaban J connectivity index is 1.86. The van der Waals surface area contributed by atoms with Crippen LogP contribution in [0.1, 0.15) is 12.8 Å². The minimum atomic E-state index is 0.845. The lowest BCUT2D eigenvalue weighted by Gasteiger charge is -2.55. The van der Waals surface area contributed by atoms with E-state index in [0.29, 0.717) is 0 Å². The molecule has 12 heavy (non-hydrogen) atoms. The van der Waals surface area contributed by atoms with Crippen molar-refractivity contribution in [2.45, 2.75) is 18.9 Å². The van der Waals surface area contributed by atoms with Crippen molar-refractivity contribution in [3.8, 4) is 0 Å². The van der Waals surface area contributed by atoms with Gasteiger partial charge >= 0.3 is 0 Å². The molecule has 0 aromatic heterocycles. The van der Waals surface area contributed by atoms with Crippen molar-refractivity contribution in [2.24, 2.45) is 17.8 Å². The number of nitrogens with one attached hydrogen (secondary N) is 1. The van der Waals surface area contributed by atoms with Crippen LogP contribution < -0.4 is 5.32 Å². The van der Waals surface area contributed by atoms with E-state index >= 15 is 0 Å². The summed E-state index contributed by atoms with van der Waals surface area (Å²) in [6.45, 7) is 4.15. The van der Waals surface area contributed by atoms with Gasteiger partial charge in [0, 0.05) is 25.7 Å². The quantitative estimate of drug-likeness (QED) is 0.612. The lowest BCUT2D eigenvalue weighted by molar-refractivity contribution is -0.0419. The molecular weight excluding hydrogens is 148 g/mol. The largest absolute Gasteiger partial charge is 0.316 e. The summed E-state index contributed by atoms with van der Waals surface area (Å²) in [4.78, 5) is 2.68. The zero-order valence-electron chi connectivity index (χ0n) is 7.79. The van der Waals surface area contributed by atoms with Gasteiger partial charge in [0.25, 0.3) is 0 Å². The molecule has 0 unspecified atom stereocenters. The predicted molar refractivity (Wildman–Crippen MR) is 49.0 cm³/mol. The van der Waals surface area contributed by atoms with E-state index in [-0.39, 0.29) is 0 Å². The highest BCUT2D eigenvalue weighted by Gasteiger charge is 2.46. The second-order valence-corrected chi connectivity index (χ2v) is 4.89. The van der Waals surface area contributed by atoms with Crippen LogP contribution in [0.5, 0.6) is 0 Å². The van der Waals surface area contributed by atoms with Crippen molar-refractivity contribution in [3.05, 3.63) is 0 Å². The fourth-order valence-corrected chi connectivity index (χ4v) is 3.88. The van der Waals surface area contributed by atoms with E-state index in [2.05, 4.69) is 17.3 Å². The van der Waals surface area contributed by atoms with Crippen LogP contribution in [0.2, 0.25) is 0 Å². The Hall–Kier alpha value is -0.0800. The van der Waals surface area contributed by atoms with Crippen molar-refractivity contribution < 1.29 is 0 Å². The Morgan fingerprint density at radius 1 is 1.08 bits per heavy atom. The van der Waals surface area contributed by atoms with Gasteiger partial charge in [0.1, 0.15) is 0 Å². The normalized spacial score (nSPS) is 56.2. The Bertz CT molecular complexity index is 162. The summed E-state index contributed by atoms with van der Waals surface area (Å²) in [6.07, 6.45) is 3.00. The van der Waals surface area contributed by atoms with Gasteiger partial charge in [0.15, 0.2) is 0 Å². The molecule has 4 fully saturated rings. The van der Waals surface area contributed by atoms with Crippen molar-refractivity contribution >= 4 is 0 Å². The van der Waals surface area contributed by atoms with Crippen LogP contribution in [0.15, 0.2) is 0 Å². The lowest BCUT2D eigenvalue weighted by Crippen LogP contribution is -2.63. The molecule has 4 aliphatic rings. The van der Waals surface area contributed by atoms with Crippen LogP contribution in [0.25, 0.3) is 0 Å². The Labute approximate surface area is 74.3 Å². The van der Waals surface area contributed by atoms with Crippen LogP contribution in [-0.2, 0) is 0 Å². The molecular formula is C10H18N2. The molecule has 0 radical (unpaired) electrons. The molecule has 0 aromatic rings. The van der Waals surface area contributed by atoms with Gasteiger partial charge in [-0.3, -0.25) is 0 Å². The molecule has 4 bridgehead atoms. The van der Waals surface area contributed by atoms with Gasteiger partial charge in [0.2, 0.25) is 0 Å². The first-order valence-corrected chi connectivity index (χ1v) is 5.26. The number of piperidine rings is 3. The SMILES string of the molecule is CNC1[C@H]2CC3C[C@H]1CN(C3)C2.